The van der Waals surface area contributed by atoms with Gasteiger partial charge in [-0.2, -0.15) is 0 Å². The molecule has 0 aliphatic carbocycles. The molecule has 0 aliphatic heterocycles. The minimum atomic E-state index is -0.177. The van der Waals surface area contributed by atoms with Gasteiger partial charge in [-0.15, -0.1) is 0 Å². The average Bonchev–Trinajstić information content (AvgIpc) is 2.65. The lowest BCUT2D eigenvalue weighted by Gasteiger charge is -2.09. The van der Waals surface area contributed by atoms with E-state index in [0.717, 1.165) is 12.0 Å². The number of rotatable bonds is 6. The first-order valence-electron chi connectivity index (χ1n) is 8.62. The van der Waals surface area contributed by atoms with E-state index in [-0.39, 0.29) is 17.9 Å². The first-order chi connectivity index (χ1) is 12.6. The van der Waals surface area contributed by atoms with E-state index in [2.05, 4.69) is 5.32 Å². The molecule has 3 aromatic rings. The van der Waals surface area contributed by atoms with E-state index < -0.39 is 0 Å². The summed E-state index contributed by atoms with van der Waals surface area (Å²) in [6.07, 6.45) is 0.871. The molecular weight excluding hydrogens is 330 g/mol. The number of ether oxygens (including phenoxy) is 1. The molecule has 0 fully saturated rings. The second-order valence-corrected chi connectivity index (χ2v) is 6.02. The molecule has 1 N–H and O–H groups in total. The fourth-order valence-electron chi connectivity index (χ4n) is 2.78. The molecule has 26 heavy (non-hydrogen) atoms. The number of nitrogens with one attached hydrogen (secondary N) is 1. The third kappa shape index (κ3) is 3.77. The van der Waals surface area contributed by atoms with E-state index >= 15 is 0 Å². The summed E-state index contributed by atoms with van der Waals surface area (Å²) < 4.78 is 11.4. The van der Waals surface area contributed by atoms with E-state index in [9.17, 15) is 9.59 Å². The van der Waals surface area contributed by atoms with Gasteiger partial charge in [0.05, 0.1) is 10.9 Å². The molecular formula is C21H21NO4. The van der Waals surface area contributed by atoms with Crippen LogP contribution in [0.5, 0.6) is 5.75 Å². The van der Waals surface area contributed by atoms with Crippen molar-refractivity contribution in [3.05, 3.63) is 64.5 Å². The zero-order valence-corrected chi connectivity index (χ0v) is 14.9. The minimum Gasteiger partial charge on any atom is -0.484 e. The molecule has 0 unspecified atom stereocenters. The van der Waals surface area contributed by atoms with Crippen LogP contribution in [0.3, 0.4) is 0 Å². The molecule has 2 aromatic carbocycles. The van der Waals surface area contributed by atoms with Crippen molar-refractivity contribution in [1.29, 1.82) is 0 Å². The molecule has 134 valence electrons. The maximum atomic E-state index is 12.9. The largest absolute Gasteiger partial charge is 0.484 e. The van der Waals surface area contributed by atoms with Crippen molar-refractivity contribution < 1.29 is 13.9 Å². The van der Waals surface area contributed by atoms with Crippen molar-refractivity contribution in [2.45, 2.75) is 20.3 Å². The number of amides is 1. The van der Waals surface area contributed by atoms with Crippen LogP contribution in [-0.4, -0.2) is 19.1 Å². The quantitative estimate of drug-likeness (QED) is 0.736. The van der Waals surface area contributed by atoms with Crippen LogP contribution in [0.1, 0.15) is 19.1 Å². The number of carbonyl (C=O) groups excluding carboxylic acids is 1. The van der Waals surface area contributed by atoms with Crippen molar-refractivity contribution in [1.82, 2.24) is 5.32 Å². The Hall–Kier alpha value is -3.08. The van der Waals surface area contributed by atoms with Gasteiger partial charge in [-0.05, 0) is 31.0 Å². The molecule has 3 rings (SSSR count). The van der Waals surface area contributed by atoms with Gasteiger partial charge in [-0.25, -0.2) is 0 Å². The normalized spacial score (nSPS) is 10.7. The molecule has 1 heterocycles. The summed E-state index contributed by atoms with van der Waals surface area (Å²) in [5.74, 6) is 0.856. The summed E-state index contributed by atoms with van der Waals surface area (Å²) in [6.45, 7) is 4.31. The lowest BCUT2D eigenvalue weighted by molar-refractivity contribution is -0.123. The van der Waals surface area contributed by atoms with Gasteiger partial charge in [0.25, 0.3) is 5.91 Å². The fraction of sp³-hybridized carbons (Fsp3) is 0.238. The third-order valence-electron chi connectivity index (χ3n) is 4.04. The van der Waals surface area contributed by atoms with Crippen molar-refractivity contribution in [2.75, 3.05) is 13.2 Å². The molecule has 1 amide bonds. The van der Waals surface area contributed by atoms with Gasteiger partial charge >= 0.3 is 0 Å². The number of hydrogen-bond donors (Lipinski definition) is 1. The van der Waals surface area contributed by atoms with Gasteiger partial charge in [0.15, 0.2) is 6.61 Å². The maximum absolute atomic E-state index is 12.9. The Kier molecular flexibility index (Phi) is 5.37. The number of carbonyl (C=O) groups is 1. The second-order valence-electron chi connectivity index (χ2n) is 6.02. The Balaban J connectivity index is 1.90. The predicted octanol–water partition coefficient (Wildman–Crippen LogP) is 3.67. The smallest absolute Gasteiger partial charge is 0.257 e. The molecule has 0 radical (unpaired) electrons. The van der Waals surface area contributed by atoms with E-state index in [1.54, 1.807) is 25.1 Å². The topological polar surface area (TPSA) is 68.5 Å². The highest BCUT2D eigenvalue weighted by Crippen LogP contribution is 2.26. The predicted molar refractivity (Wildman–Crippen MR) is 101 cm³/mol. The Labute approximate surface area is 151 Å². The van der Waals surface area contributed by atoms with Gasteiger partial charge in [0, 0.05) is 12.6 Å². The van der Waals surface area contributed by atoms with Crippen LogP contribution in [0.15, 0.2) is 57.7 Å². The summed E-state index contributed by atoms with van der Waals surface area (Å²) in [5.41, 5.74) is 1.75. The van der Waals surface area contributed by atoms with Crippen molar-refractivity contribution in [3.8, 4) is 16.9 Å². The van der Waals surface area contributed by atoms with Crippen LogP contribution in [0.4, 0.5) is 0 Å². The van der Waals surface area contributed by atoms with Crippen LogP contribution >= 0.6 is 0 Å². The first kappa shape index (κ1) is 17.7. The molecule has 0 saturated carbocycles. The molecule has 5 heteroatoms. The van der Waals surface area contributed by atoms with Gasteiger partial charge in [0.1, 0.15) is 17.1 Å². The summed E-state index contributed by atoms with van der Waals surface area (Å²) in [5, 5.41) is 3.23. The zero-order valence-electron chi connectivity index (χ0n) is 14.9. The molecule has 0 atom stereocenters. The standard InChI is InChI=1S/C21H21NO4/c1-3-11-22-19(23)13-25-16-9-10-17-18(12-16)26-14(2)20(21(17)24)15-7-5-4-6-8-15/h4-10,12H,3,11,13H2,1-2H3,(H,22,23). The Morgan fingerprint density at radius 2 is 1.92 bits per heavy atom. The van der Waals surface area contributed by atoms with E-state index in [1.807, 2.05) is 37.3 Å². The summed E-state index contributed by atoms with van der Waals surface area (Å²) in [4.78, 5) is 24.5. The SMILES string of the molecule is CCCNC(=O)COc1ccc2c(=O)c(-c3ccccc3)c(C)oc2c1. The van der Waals surface area contributed by atoms with Crippen LogP contribution in [-0.2, 0) is 4.79 Å². The summed E-state index contributed by atoms with van der Waals surface area (Å²) in [7, 11) is 0. The summed E-state index contributed by atoms with van der Waals surface area (Å²) >= 11 is 0. The number of benzene rings is 2. The highest BCUT2D eigenvalue weighted by atomic mass is 16.5. The fourth-order valence-corrected chi connectivity index (χ4v) is 2.78. The third-order valence-corrected chi connectivity index (χ3v) is 4.04. The van der Waals surface area contributed by atoms with Gasteiger partial charge < -0.3 is 14.5 Å². The van der Waals surface area contributed by atoms with Gasteiger partial charge in [-0.1, -0.05) is 37.3 Å². The highest BCUT2D eigenvalue weighted by Gasteiger charge is 2.14. The lowest BCUT2D eigenvalue weighted by atomic mass is 10.0. The average molecular weight is 351 g/mol. The van der Waals surface area contributed by atoms with Crippen LogP contribution in [0.2, 0.25) is 0 Å². The number of hydrogen-bond acceptors (Lipinski definition) is 4. The monoisotopic (exact) mass is 351 g/mol. The molecule has 5 nitrogen and oxygen atoms in total. The Morgan fingerprint density at radius 1 is 1.15 bits per heavy atom. The van der Waals surface area contributed by atoms with Crippen molar-refractivity contribution in [3.63, 3.8) is 0 Å². The number of aryl methyl sites for hydroxylation is 1. The van der Waals surface area contributed by atoms with E-state index in [4.69, 9.17) is 9.15 Å². The molecule has 0 aliphatic rings. The van der Waals surface area contributed by atoms with Crippen LogP contribution in [0.25, 0.3) is 22.1 Å². The van der Waals surface area contributed by atoms with E-state index in [1.165, 1.54) is 0 Å². The minimum absolute atomic E-state index is 0.0726. The van der Waals surface area contributed by atoms with E-state index in [0.29, 0.717) is 34.6 Å². The van der Waals surface area contributed by atoms with Crippen LogP contribution in [0, 0.1) is 6.92 Å². The Morgan fingerprint density at radius 3 is 2.65 bits per heavy atom. The molecule has 0 saturated heterocycles. The maximum Gasteiger partial charge on any atom is 0.257 e. The first-order valence-corrected chi connectivity index (χ1v) is 8.62. The van der Waals surface area contributed by atoms with Gasteiger partial charge in [-0.3, -0.25) is 9.59 Å². The zero-order chi connectivity index (χ0) is 18.5. The summed E-state index contributed by atoms with van der Waals surface area (Å²) in [6, 6.07) is 14.4. The van der Waals surface area contributed by atoms with Crippen molar-refractivity contribution >= 4 is 16.9 Å². The number of fused-ring (bicyclic) bond motifs is 1. The second kappa shape index (κ2) is 7.87. The molecule has 0 bridgehead atoms. The highest BCUT2D eigenvalue weighted by molar-refractivity contribution is 5.84. The van der Waals surface area contributed by atoms with Gasteiger partial charge in [0.2, 0.25) is 5.43 Å². The Bertz CT molecular complexity index is 976. The molecule has 1 aromatic heterocycles. The van der Waals surface area contributed by atoms with Crippen molar-refractivity contribution in [2.24, 2.45) is 0 Å². The lowest BCUT2D eigenvalue weighted by Crippen LogP contribution is -2.29. The molecule has 0 spiro atoms. The van der Waals surface area contributed by atoms with Crippen LogP contribution < -0.4 is 15.5 Å².